The fourth-order valence-corrected chi connectivity index (χ4v) is 4.02. The molecule has 4 rings (SSSR count). The van der Waals surface area contributed by atoms with E-state index < -0.39 is 0 Å². The second-order valence-electron chi connectivity index (χ2n) is 7.10. The van der Waals surface area contributed by atoms with E-state index >= 15 is 0 Å². The summed E-state index contributed by atoms with van der Waals surface area (Å²) in [6, 6.07) is 10.5. The standard InChI is InChI=1S/C20H25N3O2/c24-20(18-9-5-11-25-18)23-10-4-8-16(14-23)19-17(13-21-22-19)12-15-6-2-1-3-7-15/h1-3,6-7,13,16,18H,4-5,8-12,14H2,(H,21,22). The van der Waals surface area contributed by atoms with Crippen molar-refractivity contribution in [3.8, 4) is 0 Å². The zero-order valence-corrected chi connectivity index (χ0v) is 14.5. The highest BCUT2D eigenvalue weighted by atomic mass is 16.5. The Morgan fingerprint density at radius 2 is 2.12 bits per heavy atom. The van der Waals surface area contributed by atoms with Crippen LogP contribution in [0.15, 0.2) is 36.5 Å². The second-order valence-corrected chi connectivity index (χ2v) is 7.10. The molecule has 1 aromatic carbocycles. The summed E-state index contributed by atoms with van der Waals surface area (Å²) in [6.45, 7) is 2.33. The van der Waals surface area contributed by atoms with Crippen molar-refractivity contribution in [2.45, 2.75) is 44.1 Å². The maximum atomic E-state index is 12.7. The van der Waals surface area contributed by atoms with Crippen molar-refractivity contribution in [3.63, 3.8) is 0 Å². The van der Waals surface area contributed by atoms with Gasteiger partial charge < -0.3 is 9.64 Å². The number of aromatic nitrogens is 2. The number of carbonyl (C=O) groups excluding carboxylic acids is 1. The molecule has 0 spiro atoms. The van der Waals surface area contributed by atoms with Gasteiger partial charge in [-0.25, -0.2) is 0 Å². The first-order chi connectivity index (χ1) is 12.3. The van der Waals surface area contributed by atoms with E-state index in [2.05, 4.69) is 34.5 Å². The summed E-state index contributed by atoms with van der Waals surface area (Å²) in [7, 11) is 0. The normalized spacial score (nSPS) is 23.8. The summed E-state index contributed by atoms with van der Waals surface area (Å²) >= 11 is 0. The first kappa shape index (κ1) is 16.3. The van der Waals surface area contributed by atoms with Crippen molar-refractivity contribution in [1.29, 1.82) is 0 Å². The minimum absolute atomic E-state index is 0.173. The number of carbonyl (C=O) groups is 1. The van der Waals surface area contributed by atoms with Crippen LogP contribution >= 0.6 is 0 Å². The lowest BCUT2D eigenvalue weighted by molar-refractivity contribution is -0.142. The Hall–Kier alpha value is -2.14. The number of likely N-dealkylation sites (tertiary alicyclic amines) is 1. The summed E-state index contributed by atoms with van der Waals surface area (Å²) in [4.78, 5) is 14.7. The number of aromatic amines is 1. The summed E-state index contributed by atoms with van der Waals surface area (Å²) in [5.41, 5.74) is 3.71. The van der Waals surface area contributed by atoms with Gasteiger partial charge in [0.1, 0.15) is 6.10 Å². The molecule has 0 bridgehead atoms. The molecule has 1 amide bonds. The molecule has 0 saturated carbocycles. The lowest BCUT2D eigenvalue weighted by Gasteiger charge is -2.34. The van der Waals surface area contributed by atoms with Crippen molar-refractivity contribution in [3.05, 3.63) is 53.3 Å². The topological polar surface area (TPSA) is 58.2 Å². The SMILES string of the molecule is O=C(C1CCCO1)N1CCCC(c2[nH]ncc2Cc2ccccc2)C1. The van der Waals surface area contributed by atoms with Gasteiger partial charge in [-0.05, 0) is 36.8 Å². The minimum Gasteiger partial charge on any atom is -0.368 e. The molecule has 2 aromatic rings. The average molecular weight is 339 g/mol. The Bertz CT molecular complexity index is 707. The number of H-pyrrole nitrogens is 1. The van der Waals surface area contributed by atoms with E-state index in [0.717, 1.165) is 51.8 Å². The minimum atomic E-state index is -0.218. The van der Waals surface area contributed by atoms with Gasteiger partial charge in [0, 0.05) is 37.7 Å². The number of nitrogens with one attached hydrogen (secondary N) is 1. The Morgan fingerprint density at radius 1 is 1.24 bits per heavy atom. The van der Waals surface area contributed by atoms with Crippen LogP contribution in [0, 0.1) is 0 Å². The third-order valence-electron chi connectivity index (χ3n) is 5.34. The highest BCUT2D eigenvalue weighted by Crippen LogP contribution is 2.30. The summed E-state index contributed by atoms with van der Waals surface area (Å²) in [5, 5.41) is 7.49. The van der Waals surface area contributed by atoms with E-state index in [1.807, 2.05) is 17.2 Å². The van der Waals surface area contributed by atoms with Gasteiger partial charge in [0.15, 0.2) is 0 Å². The number of hydrogen-bond donors (Lipinski definition) is 1. The van der Waals surface area contributed by atoms with Gasteiger partial charge in [-0.2, -0.15) is 5.10 Å². The Kier molecular flexibility index (Phi) is 4.83. The highest BCUT2D eigenvalue weighted by molar-refractivity contribution is 5.81. The van der Waals surface area contributed by atoms with E-state index in [-0.39, 0.29) is 12.0 Å². The first-order valence-electron chi connectivity index (χ1n) is 9.27. The monoisotopic (exact) mass is 339 g/mol. The van der Waals surface area contributed by atoms with Crippen molar-refractivity contribution < 1.29 is 9.53 Å². The summed E-state index contributed by atoms with van der Waals surface area (Å²) < 4.78 is 5.59. The van der Waals surface area contributed by atoms with Crippen LogP contribution in [0.2, 0.25) is 0 Å². The smallest absolute Gasteiger partial charge is 0.251 e. The van der Waals surface area contributed by atoms with Crippen LogP contribution in [0.4, 0.5) is 0 Å². The van der Waals surface area contributed by atoms with Gasteiger partial charge in [0.25, 0.3) is 5.91 Å². The van der Waals surface area contributed by atoms with Crippen molar-refractivity contribution in [2.24, 2.45) is 0 Å². The lowest BCUT2D eigenvalue weighted by Crippen LogP contribution is -2.44. The predicted molar refractivity (Wildman–Crippen MR) is 95.4 cm³/mol. The summed E-state index contributed by atoms with van der Waals surface area (Å²) in [5.74, 6) is 0.506. The van der Waals surface area contributed by atoms with Gasteiger partial charge in [-0.3, -0.25) is 9.89 Å². The Labute approximate surface area is 148 Å². The van der Waals surface area contributed by atoms with Crippen LogP contribution in [0.3, 0.4) is 0 Å². The fourth-order valence-electron chi connectivity index (χ4n) is 4.02. The molecule has 3 heterocycles. The van der Waals surface area contributed by atoms with Crippen LogP contribution in [0.1, 0.15) is 48.4 Å². The largest absolute Gasteiger partial charge is 0.368 e. The molecule has 2 aliphatic rings. The first-order valence-corrected chi connectivity index (χ1v) is 9.27. The molecule has 5 heteroatoms. The molecule has 0 radical (unpaired) electrons. The number of nitrogens with zero attached hydrogens (tertiary/aromatic N) is 2. The highest BCUT2D eigenvalue weighted by Gasteiger charge is 2.32. The zero-order valence-electron chi connectivity index (χ0n) is 14.5. The molecule has 5 nitrogen and oxygen atoms in total. The van der Waals surface area contributed by atoms with Gasteiger partial charge in [0.05, 0.1) is 6.20 Å². The molecular formula is C20H25N3O2. The van der Waals surface area contributed by atoms with Gasteiger partial charge in [-0.15, -0.1) is 0 Å². The number of piperidine rings is 1. The maximum absolute atomic E-state index is 12.7. The van der Waals surface area contributed by atoms with Crippen LogP contribution in [0.5, 0.6) is 0 Å². The molecule has 2 fully saturated rings. The van der Waals surface area contributed by atoms with Crippen molar-refractivity contribution >= 4 is 5.91 Å². The van der Waals surface area contributed by atoms with Gasteiger partial charge >= 0.3 is 0 Å². The molecule has 1 N–H and O–H groups in total. The number of rotatable bonds is 4. The van der Waals surface area contributed by atoms with Crippen LogP contribution in [-0.2, 0) is 16.0 Å². The fraction of sp³-hybridized carbons (Fsp3) is 0.500. The van der Waals surface area contributed by atoms with E-state index in [0.29, 0.717) is 5.92 Å². The third-order valence-corrected chi connectivity index (χ3v) is 5.34. The van der Waals surface area contributed by atoms with Gasteiger partial charge in [-0.1, -0.05) is 30.3 Å². The number of amides is 1. The molecule has 2 atom stereocenters. The van der Waals surface area contributed by atoms with Crippen molar-refractivity contribution in [1.82, 2.24) is 15.1 Å². The third kappa shape index (κ3) is 3.61. The predicted octanol–water partition coefficient (Wildman–Crippen LogP) is 2.89. The molecule has 132 valence electrons. The van der Waals surface area contributed by atoms with Gasteiger partial charge in [0.2, 0.25) is 0 Å². The molecule has 2 saturated heterocycles. The molecule has 25 heavy (non-hydrogen) atoms. The van der Waals surface area contributed by atoms with E-state index in [9.17, 15) is 4.79 Å². The molecule has 0 aliphatic carbocycles. The molecule has 1 aromatic heterocycles. The van der Waals surface area contributed by atoms with E-state index in [4.69, 9.17) is 4.74 Å². The second kappa shape index (κ2) is 7.40. The number of hydrogen-bond acceptors (Lipinski definition) is 3. The quantitative estimate of drug-likeness (QED) is 0.932. The lowest BCUT2D eigenvalue weighted by atomic mass is 9.90. The maximum Gasteiger partial charge on any atom is 0.251 e. The summed E-state index contributed by atoms with van der Waals surface area (Å²) in [6.07, 6.45) is 6.58. The number of ether oxygens (including phenoxy) is 1. The number of benzene rings is 1. The molecule has 2 aliphatic heterocycles. The van der Waals surface area contributed by atoms with Crippen LogP contribution in [0.25, 0.3) is 0 Å². The molecule has 2 unspecified atom stereocenters. The average Bonchev–Trinajstić information content (AvgIpc) is 3.34. The molecular weight excluding hydrogens is 314 g/mol. The Balaban J connectivity index is 1.46. The van der Waals surface area contributed by atoms with E-state index in [1.54, 1.807) is 0 Å². The Morgan fingerprint density at radius 3 is 2.92 bits per heavy atom. The van der Waals surface area contributed by atoms with Crippen LogP contribution in [-0.4, -0.2) is 46.8 Å². The van der Waals surface area contributed by atoms with Crippen molar-refractivity contribution in [2.75, 3.05) is 19.7 Å². The van der Waals surface area contributed by atoms with Crippen LogP contribution < -0.4 is 0 Å². The zero-order chi connectivity index (χ0) is 17.1. The van der Waals surface area contributed by atoms with E-state index in [1.165, 1.54) is 16.8 Å².